The van der Waals surface area contributed by atoms with Crippen LogP contribution in [0.25, 0.3) is 5.57 Å². The van der Waals surface area contributed by atoms with Gasteiger partial charge in [0.2, 0.25) is 0 Å². The van der Waals surface area contributed by atoms with Gasteiger partial charge in [0.1, 0.15) is 6.33 Å². The van der Waals surface area contributed by atoms with E-state index in [2.05, 4.69) is 9.97 Å². The third-order valence-corrected chi connectivity index (χ3v) is 4.87. The van der Waals surface area contributed by atoms with Crippen LogP contribution in [-0.2, 0) is 11.2 Å². The van der Waals surface area contributed by atoms with Crippen molar-refractivity contribution in [3.8, 4) is 0 Å². The van der Waals surface area contributed by atoms with Crippen molar-refractivity contribution in [2.24, 2.45) is 0 Å². The summed E-state index contributed by atoms with van der Waals surface area (Å²) in [6, 6.07) is 15.0. The predicted molar refractivity (Wildman–Crippen MR) is 110 cm³/mol. The van der Waals surface area contributed by atoms with E-state index in [-0.39, 0.29) is 11.8 Å². The van der Waals surface area contributed by atoms with Crippen molar-refractivity contribution < 1.29 is 14.3 Å². The van der Waals surface area contributed by atoms with Crippen LogP contribution in [0.1, 0.15) is 31.8 Å². The maximum Gasteiger partial charge on any atom is 0.337 e. The fourth-order valence-electron chi connectivity index (χ4n) is 3.42. The molecular formula is C23H19N3O3. The molecule has 0 atom stereocenters. The Balaban J connectivity index is 1.74. The number of hydrogen-bond acceptors (Lipinski definition) is 6. The van der Waals surface area contributed by atoms with Crippen LogP contribution in [0.5, 0.6) is 0 Å². The third-order valence-electron chi connectivity index (χ3n) is 4.87. The highest BCUT2D eigenvalue weighted by molar-refractivity contribution is 6.29. The Morgan fingerprint density at radius 3 is 2.48 bits per heavy atom. The van der Waals surface area contributed by atoms with Crippen LogP contribution in [0.3, 0.4) is 0 Å². The molecule has 0 fully saturated rings. The van der Waals surface area contributed by atoms with Gasteiger partial charge in [0.15, 0.2) is 5.78 Å². The van der Waals surface area contributed by atoms with E-state index < -0.39 is 0 Å². The summed E-state index contributed by atoms with van der Waals surface area (Å²) in [6.07, 6.45) is 7.09. The molecule has 6 nitrogen and oxygen atoms in total. The summed E-state index contributed by atoms with van der Waals surface area (Å²) >= 11 is 0. The first-order valence-electron chi connectivity index (χ1n) is 9.22. The van der Waals surface area contributed by atoms with Gasteiger partial charge >= 0.3 is 5.97 Å². The lowest BCUT2D eigenvalue weighted by molar-refractivity contribution is 0.0600. The van der Waals surface area contributed by atoms with Crippen LogP contribution in [0.2, 0.25) is 0 Å². The third kappa shape index (κ3) is 3.78. The van der Waals surface area contributed by atoms with E-state index in [1.807, 2.05) is 53.6 Å². The van der Waals surface area contributed by atoms with Gasteiger partial charge in [-0.05, 0) is 35.7 Å². The average Bonchev–Trinajstić information content (AvgIpc) is 3.19. The van der Waals surface area contributed by atoms with Crippen molar-refractivity contribution in [3.63, 3.8) is 0 Å². The number of carbonyl (C=O) groups is 2. The zero-order chi connectivity index (χ0) is 20.2. The van der Waals surface area contributed by atoms with E-state index >= 15 is 0 Å². The van der Waals surface area contributed by atoms with Crippen LogP contribution in [-0.4, -0.2) is 35.4 Å². The van der Waals surface area contributed by atoms with E-state index in [0.29, 0.717) is 16.7 Å². The minimum Gasteiger partial charge on any atom is -0.465 e. The molecule has 0 radical (unpaired) electrons. The topological polar surface area (TPSA) is 72.4 Å². The molecule has 0 bridgehead atoms. The van der Waals surface area contributed by atoms with Crippen molar-refractivity contribution in [2.75, 3.05) is 18.6 Å². The molecule has 144 valence electrons. The van der Waals surface area contributed by atoms with E-state index in [4.69, 9.17) is 4.74 Å². The van der Waals surface area contributed by atoms with Gasteiger partial charge in [-0.15, -0.1) is 0 Å². The number of hydrogen-bond donors (Lipinski definition) is 0. The maximum absolute atomic E-state index is 13.2. The van der Waals surface area contributed by atoms with Crippen LogP contribution >= 0.6 is 0 Å². The van der Waals surface area contributed by atoms with Crippen molar-refractivity contribution in [1.29, 1.82) is 0 Å². The zero-order valence-corrected chi connectivity index (χ0v) is 15.9. The number of fused-ring (bicyclic) bond motifs is 1. The lowest BCUT2D eigenvalue weighted by Crippen LogP contribution is -2.16. The fraction of sp³-hybridized carbons (Fsp3) is 0.130. The van der Waals surface area contributed by atoms with E-state index in [1.165, 1.54) is 25.8 Å². The summed E-state index contributed by atoms with van der Waals surface area (Å²) in [4.78, 5) is 35.0. The minimum absolute atomic E-state index is 0.142. The molecule has 1 aromatic heterocycles. The van der Waals surface area contributed by atoms with Gasteiger partial charge in [-0.1, -0.05) is 30.3 Å². The zero-order valence-electron chi connectivity index (χ0n) is 15.9. The second kappa shape index (κ2) is 8.06. The number of esters is 1. The van der Waals surface area contributed by atoms with Gasteiger partial charge in [0.25, 0.3) is 0 Å². The monoisotopic (exact) mass is 385 g/mol. The summed E-state index contributed by atoms with van der Waals surface area (Å²) in [5.41, 5.74) is 4.36. The molecule has 6 heteroatoms. The summed E-state index contributed by atoms with van der Waals surface area (Å²) < 4.78 is 4.80. The standard InChI is InChI=1S/C23H19N3O3/c1-29-23(28)18-7-8-21-17(11-18)9-10-26(21)14-20(16-5-3-2-4-6-16)22(27)19-12-24-15-25-13-19/h2-8,11-15H,9-10H2,1H3/b20-14+. The number of Topliss-reactive ketones (excluding diaryl/α,β-unsaturated/α-hetero) is 1. The number of ketones is 1. The smallest absolute Gasteiger partial charge is 0.337 e. The first-order chi connectivity index (χ1) is 14.2. The number of nitrogens with zero attached hydrogens (tertiary/aromatic N) is 3. The minimum atomic E-state index is -0.356. The van der Waals surface area contributed by atoms with Crippen molar-refractivity contribution in [2.45, 2.75) is 6.42 Å². The van der Waals surface area contributed by atoms with Crippen molar-refractivity contribution in [3.05, 3.63) is 95.7 Å². The number of allylic oxidation sites excluding steroid dienone is 1. The number of benzene rings is 2. The molecule has 1 aliphatic heterocycles. The molecule has 0 aliphatic carbocycles. The Morgan fingerprint density at radius 1 is 1.00 bits per heavy atom. The van der Waals surface area contributed by atoms with Crippen LogP contribution in [0.4, 0.5) is 5.69 Å². The molecule has 0 saturated heterocycles. The molecule has 0 amide bonds. The number of anilines is 1. The highest BCUT2D eigenvalue weighted by Crippen LogP contribution is 2.31. The molecular weight excluding hydrogens is 366 g/mol. The number of aromatic nitrogens is 2. The molecule has 2 heterocycles. The molecule has 1 aliphatic rings. The van der Waals surface area contributed by atoms with Gasteiger partial charge in [-0.3, -0.25) is 4.79 Å². The number of carbonyl (C=O) groups excluding carboxylic acids is 2. The highest BCUT2D eigenvalue weighted by Gasteiger charge is 2.22. The number of ether oxygens (including phenoxy) is 1. The second-order valence-corrected chi connectivity index (χ2v) is 6.64. The summed E-state index contributed by atoms with van der Waals surface area (Å²) in [7, 11) is 1.37. The van der Waals surface area contributed by atoms with E-state index in [1.54, 1.807) is 6.07 Å². The first-order valence-corrected chi connectivity index (χ1v) is 9.22. The van der Waals surface area contributed by atoms with Gasteiger partial charge < -0.3 is 9.64 Å². The van der Waals surface area contributed by atoms with Gasteiger partial charge in [0.05, 0.1) is 18.2 Å². The lowest BCUT2D eigenvalue weighted by Gasteiger charge is -2.17. The van der Waals surface area contributed by atoms with Gasteiger partial charge in [-0.25, -0.2) is 14.8 Å². The SMILES string of the molecule is COC(=O)c1ccc2c(c1)CCN2/C=C(/C(=O)c1cncnc1)c1ccccc1. The lowest BCUT2D eigenvalue weighted by atomic mass is 9.99. The van der Waals surface area contributed by atoms with Crippen molar-refractivity contribution >= 4 is 23.0 Å². The fourth-order valence-corrected chi connectivity index (χ4v) is 3.42. The van der Waals surface area contributed by atoms with Crippen molar-refractivity contribution in [1.82, 2.24) is 9.97 Å². The summed E-state index contributed by atoms with van der Waals surface area (Å²) in [5, 5.41) is 0. The molecule has 0 spiro atoms. The van der Waals surface area contributed by atoms with Gasteiger partial charge in [0, 0.05) is 36.4 Å². The highest BCUT2D eigenvalue weighted by atomic mass is 16.5. The maximum atomic E-state index is 13.2. The number of rotatable bonds is 5. The molecule has 0 N–H and O–H groups in total. The quantitative estimate of drug-likeness (QED) is 0.380. The van der Waals surface area contributed by atoms with Crippen LogP contribution in [0.15, 0.2) is 73.5 Å². The Bertz CT molecular complexity index is 1080. The van der Waals surface area contributed by atoms with Crippen LogP contribution in [0, 0.1) is 0 Å². The van der Waals surface area contributed by atoms with E-state index in [0.717, 1.165) is 29.8 Å². The Morgan fingerprint density at radius 2 is 1.76 bits per heavy atom. The summed E-state index contributed by atoms with van der Waals surface area (Å²) in [5.74, 6) is -0.498. The van der Waals surface area contributed by atoms with Crippen LogP contribution < -0.4 is 4.90 Å². The molecule has 3 aromatic rings. The second-order valence-electron chi connectivity index (χ2n) is 6.64. The predicted octanol–water partition coefficient (Wildman–Crippen LogP) is 3.55. The van der Waals surface area contributed by atoms with E-state index in [9.17, 15) is 9.59 Å². The Kier molecular flexibility index (Phi) is 5.16. The molecule has 0 unspecified atom stereocenters. The molecule has 0 saturated carbocycles. The Labute approximate surface area is 168 Å². The molecule has 29 heavy (non-hydrogen) atoms. The first kappa shape index (κ1) is 18.6. The Hall–Kier alpha value is -3.80. The molecule has 2 aromatic carbocycles. The number of methoxy groups -OCH3 is 1. The largest absolute Gasteiger partial charge is 0.465 e. The average molecular weight is 385 g/mol. The normalized spacial score (nSPS) is 13.1. The van der Waals surface area contributed by atoms with Gasteiger partial charge in [-0.2, -0.15) is 0 Å². The summed E-state index contributed by atoms with van der Waals surface area (Å²) in [6.45, 7) is 0.717. The molecule has 4 rings (SSSR count).